The van der Waals surface area contributed by atoms with Crippen LogP contribution in [0.1, 0.15) is 19.8 Å². The highest BCUT2D eigenvalue weighted by atomic mass is 35.5. The molecular weight excluding hydrogens is 293 g/mol. The number of hydrogen-bond acceptors (Lipinski definition) is 3. The van der Waals surface area contributed by atoms with Gasteiger partial charge < -0.3 is 5.32 Å². The molecule has 0 radical (unpaired) electrons. The first-order valence-corrected chi connectivity index (χ1v) is 8.13. The van der Waals surface area contributed by atoms with Crippen LogP contribution in [0.5, 0.6) is 0 Å². The van der Waals surface area contributed by atoms with E-state index in [-0.39, 0.29) is 20.7 Å². The first-order chi connectivity index (χ1) is 8.38. The molecule has 1 aromatic carbocycles. The van der Waals surface area contributed by atoms with Crippen LogP contribution in [0, 0.1) is 0 Å². The van der Waals surface area contributed by atoms with Crippen molar-refractivity contribution in [1.82, 2.24) is 5.32 Å². The van der Waals surface area contributed by atoms with Gasteiger partial charge in [-0.2, -0.15) is 0 Å². The van der Waals surface area contributed by atoms with E-state index in [0.717, 1.165) is 6.42 Å². The molecule has 0 saturated carbocycles. The fraction of sp³-hybridized carbons (Fsp3) is 0.500. The molecule has 0 spiro atoms. The number of nitrogens with one attached hydrogen (secondary N) is 1. The molecule has 3 nitrogen and oxygen atoms in total. The third kappa shape index (κ3) is 4.12. The third-order valence-corrected chi connectivity index (χ3v) is 5.51. The molecule has 0 aliphatic heterocycles. The van der Waals surface area contributed by atoms with Gasteiger partial charge in [0.05, 0.1) is 15.8 Å². The Labute approximate surface area is 118 Å². The van der Waals surface area contributed by atoms with Gasteiger partial charge in [0, 0.05) is 6.04 Å². The highest BCUT2D eigenvalue weighted by molar-refractivity contribution is 7.91. The lowest BCUT2D eigenvalue weighted by Gasteiger charge is -2.11. The van der Waals surface area contributed by atoms with Gasteiger partial charge in [-0.25, -0.2) is 8.42 Å². The van der Waals surface area contributed by atoms with Crippen molar-refractivity contribution in [3.8, 4) is 0 Å². The maximum atomic E-state index is 12.2. The molecule has 0 bridgehead atoms. The fourth-order valence-corrected chi connectivity index (χ4v) is 4.19. The molecule has 1 N–H and O–H groups in total. The summed E-state index contributed by atoms with van der Waals surface area (Å²) in [5.41, 5.74) is 0. The maximum absolute atomic E-state index is 12.2. The van der Waals surface area contributed by atoms with Gasteiger partial charge in [0.15, 0.2) is 9.84 Å². The van der Waals surface area contributed by atoms with Gasteiger partial charge in [-0.1, -0.05) is 29.3 Å². The number of hydrogen-bond donors (Lipinski definition) is 1. The average Bonchev–Trinajstić information content (AvgIpc) is 2.27. The molecule has 0 heterocycles. The van der Waals surface area contributed by atoms with E-state index in [4.69, 9.17) is 23.2 Å². The Morgan fingerprint density at radius 3 is 2.33 bits per heavy atom. The Balaban J connectivity index is 2.81. The van der Waals surface area contributed by atoms with E-state index < -0.39 is 9.84 Å². The summed E-state index contributed by atoms with van der Waals surface area (Å²) in [6.07, 6.45) is 1.36. The Morgan fingerprint density at radius 2 is 1.83 bits per heavy atom. The second-order valence-electron chi connectivity index (χ2n) is 4.20. The molecule has 1 unspecified atom stereocenters. The molecule has 0 saturated heterocycles. The quantitative estimate of drug-likeness (QED) is 0.878. The van der Waals surface area contributed by atoms with Gasteiger partial charge in [0.1, 0.15) is 4.90 Å². The summed E-state index contributed by atoms with van der Waals surface area (Å²) in [6.45, 7) is 2.01. The smallest absolute Gasteiger partial charge is 0.181 e. The van der Waals surface area contributed by atoms with Crippen LogP contribution in [0.2, 0.25) is 10.0 Å². The van der Waals surface area contributed by atoms with Gasteiger partial charge in [-0.05, 0) is 38.9 Å². The van der Waals surface area contributed by atoms with Crippen molar-refractivity contribution >= 4 is 33.0 Å². The lowest BCUT2D eigenvalue weighted by molar-refractivity contribution is 0.548. The SMILES string of the molecule is CNC(C)CCCS(=O)(=O)c1c(Cl)cccc1Cl. The molecule has 0 amide bonds. The molecule has 102 valence electrons. The Hall–Kier alpha value is -0.290. The van der Waals surface area contributed by atoms with E-state index in [1.165, 1.54) is 12.1 Å². The van der Waals surface area contributed by atoms with Crippen LogP contribution in [0.4, 0.5) is 0 Å². The maximum Gasteiger partial charge on any atom is 0.181 e. The molecule has 1 aromatic rings. The van der Waals surface area contributed by atoms with E-state index >= 15 is 0 Å². The van der Waals surface area contributed by atoms with E-state index in [9.17, 15) is 8.42 Å². The summed E-state index contributed by atoms with van der Waals surface area (Å²) in [7, 11) is -1.57. The average molecular weight is 310 g/mol. The zero-order chi connectivity index (χ0) is 13.8. The third-order valence-electron chi connectivity index (χ3n) is 2.77. The van der Waals surface area contributed by atoms with Gasteiger partial charge in [0.2, 0.25) is 0 Å². The molecule has 0 aromatic heterocycles. The second-order valence-corrected chi connectivity index (χ2v) is 7.06. The summed E-state index contributed by atoms with van der Waals surface area (Å²) >= 11 is 11.8. The van der Waals surface area contributed by atoms with Crippen molar-refractivity contribution in [2.75, 3.05) is 12.8 Å². The second kappa shape index (κ2) is 6.75. The summed E-state index contributed by atoms with van der Waals surface area (Å²) in [5.74, 6) is 0.0580. The molecule has 0 fully saturated rings. The minimum absolute atomic E-state index is 0.0467. The number of halogens is 2. The number of sulfone groups is 1. The standard InChI is InChI=1S/C12H17Cl2NO2S/c1-9(15-2)5-4-8-18(16,17)12-10(13)6-3-7-11(12)14/h3,6-7,9,15H,4-5,8H2,1-2H3. The predicted molar refractivity (Wildman–Crippen MR) is 76.3 cm³/mol. The minimum Gasteiger partial charge on any atom is -0.317 e. The van der Waals surface area contributed by atoms with Gasteiger partial charge in [0.25, 0.3) is 0 Å². The lowest BCUT2D eigenvalue weighted by Crippen LogP contribution is -2.22. The van der Waals surface area contributed by atoms with Crippen LogP contribution >= 0.6 is 23.2 Å². The van der Waals surface area contributed by atoms with Crippen LogP contribution in [0.15, 0.2) is 23.1 Å². The van der Waals surface area contributed by atoms with E-state index in [1.54, 1.807) is 6.07 Å². The zero-order valence-corrected chi connectivity index (χ0v) is 12.7. The van der Waals surface area contributed by atoms with Crippen LogP contribution in [-0.4, -0.2) is 27.3 Å². The van der Waals surface area contributed by atoms with Gasteiger partial charge in [-0.3, -0.25) is 0 Å². The Morgan fingerprint density at radius 1 is 1.28 bits per heavy atom. The molecule has 0 aliphatic carbocycles. The predicted octanol–water partition coefficient (Wildman–Crippen LogP) is 3.16. The zero-order valence-electron chi connectivity index (χ0n) is 10.4. The topological polar surface area (TPSA) is 46.2 Å². The van der Waals surface area contributed by atoms with Crippen molar-refractivity contribution in [3.05, 3.63) is 28.2 Å². The molecule has 0 aliphatic rings. The van der Waals surface area contributed by atoms with E-state index in [0.29, 0.717) is 12.5 Å². The van der Waals surface area contributed by atoms with Crippen LogP contribution < -0.4 is 5.32 Å². The first kappa shape index (κ1) is 15.8. The molecule has 1 atom stereocenters. The Bertz CT molecular complexity index is 483. The normalized spacial score (nSPS) is 13.6. The van der Waals surface area contributed by atoms with Crippen molar-refractivity contribution in [1.29, 1.82) is 0 Å². The first-order valence-electron chi connectivity index (χ1n) is 5.72. The van der Waals surface area contributed by atoms with Crippen LogP contribution in [-0.2, 0) is 9.84 Å². The summed E-state index contributed by atoms with van der Waals surface area (Å²) in [5, 5.41) is 3.44. The molecule has 6 heteroatoms. The summed E-state index contributed by atoms with van der Waals surface area (Å²) in [4.78, 5) is 0.0467. The lowest BCUT2D eigenvalue weighted by atomic mass is 10.2. The van der Waals surface area contributed by atoms with Gasteiger partial charge in [-0.15, -0.1) is 0 Å². The van der Waals surface area contributed by atoms with E-state index in [2.05, 4.69) is 5.32 Å². The van der Waals surface area contributed by atoms with Crippen LogP contribution in [0.3, 0.4) is 0 Å². The summed E-state index contributed by atoms with van der Waals surface area (Å²) < 4.78 is 24.3. The molecule has 18 heavy (non-hydrogen) atoms. The molecular formula is C12H17Cl2NO2S. The van der Waals surface area contributed by atoms with E-state index in [1.807, 2.05) is 14.0 Å². The Kier molecular flexibility index (Phi) is 5.92. The van der Waals surface area contributed by atoms with Crippen molar-refractivity contribution < 1.29 is 8.42 Å². The fourth-order valence-electron chi connectivity index (χ4n) is 1.61. The van der Waals surface area contributed by atoms with Crippen molar-refractivity contribution in [2.45, 2.75) is 30.7 Å². The minimum atomic E-state index is -3.42. The van der Waals surface area contributed by atoms with Gasteiger partial charge >= 0.3 is 0 Å². The highest BCUT2D eigenvalue weighted by Gasteiger charge is 2.21. The van der Waals surface area contributed by atoms with Crippen molar-refractivity contribution in [3.63, 3.8) is 0 Å². The number of rotatable bonds is 6. The van der Waals surface area contributed by atoms with Crippen LogP contribution in [0.25, 0.3) is 0 Å². The molecule has 1 rings (SSSR count). The number of benzene rings is 1. The van der Waals surface area contributed by atoms with Crippen molar-refractivity contribution in [2.24, 2.45) is 0 Å². The summed E-state index contributed by atoms with van der Waals surface area (Å²) in [6, 6.07) is 5.00. The monoisotopic (exact) mass is 309 g/mol. The highest BCUT2D eigenvalue weighted by Crippen LogP contribution is 2.30. The largest absolute Gasteiger partial charge is 0.317 e.